The number of hydrogen-bond acceptors (Lipinski definition) is 6. The highest BCUT2D eigenvalue weighted by Crippen LogP contribution is 2.30. The molecule has 0 radical (unpaired) electrons. The second kappa shape index (κ2) is 12.9. The zero-order valence-corrected chi connectivity index (χ0v) is 25.7. The summed E-state index contributed by atoms with van der Waals surface area (Å²) >= 11 is 6.26. The molecular weight excluding hydrogens is 566 g/mol. The number of carbonyl (C=O) groups is 2. The van der Waals surface area contributed by atoms with Gasteiger partial charge in [-0.05, 0) is 88.6 Å². The molecule has 0 bridgehead atoms. The molecule has 224 valence electrons. The molecule has 0 atom stereocenters. The molecule has 9 heteroatoms. The van der Waals surface area contributed by atoms with E-state index in [1.165, 1.54) is 6.08 Å². The van der Waals surface area contributed by atoms with Crippen LogP contribution in [-0.2, 0) is 27.1 Å². The van der Waals surface area contributed by atoms with Gasteiger partial charge in [-0.3, -0.25) is 4.90 Å². The fourth-order valence-electron chi connectivity index (χ4n) is 5.04. The first-order valence-electron chi connectivity index (χ1n) is 14.5. The summed E-state index contributed by atoms with van der Waals surface area (Å²) in [5.74, 6) is 0.966. The quantitative estimate of drug-likeness (QED) is 0.154. The number of fused-ring (bicyclic) bond motifs is 2. The third-order valence-electron chi connectivity index (χ3n) is 6.92. The minimum absolute atomic E-state index is 0.286. The van der Waals surface area contributed by atoms with Crippen LogP contribution in [0.5, 0.6) is 5.75 Å². The molecule has 1 amide bonds. The van der Waals surface area contributed by atoms with Crippen molar-refractivity contribution in [2.24, 2.45) is 0 Å². The number of pyridine rings is 1. The van der Waals surface area contributed by atoms with Gasteiger partial charge in [-0.15, -0.1) is 0 Å². The van der Waals surface area contributed by atoms with Gasteiger partial charge in [0, 0.05) is 46.9 Å². The van der Waals surface area contributed by atoms with E-state index in [2.05, 4.69) is 0 Å². The van der Waals surface area contributed by atoms with E-state index in [1.54, 1.807) is 17.9 Å². The van der Waals surface area contributed by atoms with Crippen LogP contribution in [0, 0.1) is 0 Å². The number of halogens is 1. The molecule has 3 heterocycles. The Morgan fingerprint density at radius 1 is 1.07 bits per heavy atom. The van der Waals surface area contributed by atoms with Crippen LogP contribution in [0.4, 0.5) is 10.6 Å². The number of ether oxygens (including phenoxy) is 3. The number of benzene rings is 2. The van der Waals surface area contributed by atoms with Crippen molar-refractivity contribution < 1.29 is 23.8 Å². The largest absolute Gasteiger partial charge is 0.493 e. The molecule has 0 saturated heterocycles. The van der Waals surface area contributed by atoms with Crippen molar-refractivity contribution in [2.75, 3.05) is 24.7 Å². The van der Waals surface area contributed by atoms with Crippen LogP contribution in [0.2, 0.25) is 5.02 Å². The second-order valence-electron chi connectivity index (χ2n) is 11.3. The van der Waals surface area contributed by atoms with Crippen LogP contribution in [0.3, 0.4) is 0 Å². The van der Waals surface area contributed by atoms with Crippen LogP contribution in [0.15, 0.2) is 72.9 Å². The molecule has 0 aliphatic carbocycles. The lowest BCUT2D eigenvalue weighted by Gasteiger charge is -2.31. The van der Waals surface area contributed by atoms with E-state index in [9.17, 15) is 9.59 Å². The lowest BCUT2D eigenvalue weighted by molar-refractivity contribution is -0.137. The van der Waals surface area contributed by atoms with E-state index in [1.807, 2.05) is 86.1 Å². The first-order valence-corrected chi connectivity index (χ1v) is 14.9. The maximum atomic E-state index is 12.8. The van der Waals surface area contributed by atoms with Gasteiger partial charge in [0.15, 0.2) is 0 Å². The number of anilines is 1. The summed E-state index contributed by atoms with van der Waals surface area (Å²) in [6, 6.07) is 19.2. The maximum absolute atomic E-state index is 12.8. The van der Waals surface area contributed by atoms with Crippen LogP contribution in [-0.4, -0.2) is 47.0 Å². The number of esters is 1. The molecule has 0 spiro atoms. The Kier molecular flexibility index (Phi) is 9.06. The van der Waals surface area contributed by atoms with Gasteiger partial charge in [-0.1, -0.05) is 29.8 Å². The Labute approximate surface area is 256 Å². The Bertz CT molecular complexity index is 1670. The zero-order chi connectivity index (χ0) is 30.6. The van der Waals surface area contributed by atoms with E-state index < -0.39 is 11.6 Å². The van der Waals surface area contributed by atoms with Crippen molar-refractivity contribution in [3.05, 3.63) is 94.8 Å². The van der Waals surface area contributed by atoms with Gasteiger partial charge in [0.2, 0.25) is 0 Å². The third kappa shape index (κ3) is 7.38. The highest BCUT2D eigenvalue weighted by atomic mass is 35.5. The molecule has 0 unspecified atom stereocenters. The molecule has 0 N–H and O–H groups in total. The van der Waals surface area contributed by atoms with E-state index in [0.29, 0.717) is 36.1 Å². The van der Waals surface area contributed by atoms with Gasteiger partial charge in [0.1, 0.15) is 17.2 Å². The van der Waals surface area contributed by atoms with Crippen molar-refractivity contribution in [3.63, 3.8) is 0 Å². The number of hydrogen-bond donors (Lipinski definition) is 0. The summed E-state index contributed by atoms with van der Waals surface area (Å²) in [5, 5.41) is 1.53. The van der Waals surface area contributed by atoms with E-state index in [-0.39, 0.29) is 12.7 Å². The van der Waals surface area contributed by atoms with E-state index in [4.69, 9.17) is 30.8 Å². The summed E-state index contributed by atoms with van der Waals surface area (Å²) < 4.78 is 18.8. The molecule has 0 saturated carbocycles. The number of nitrogens with zero attached hydrogens (tertiary/aromatic N) is 3. The number of aromatic nitrogens is 2. The van der Waals surface area contributed by atoms with Gasteiger partial charge in [-0.2, -0.15) is 0 Å². The minimum Gasteiger partial charge on any atom is -0.493 e. The van der Waals surface area contributed by atoms with Crippen molar-refractivity contribution in [1.29, 1.82) is 0 Å². The smallest absolute Gasteiger partial charge is 0.416 e. The Balaban J connectivity index is 1.31. The molecular formula is C34H36ClN3O5. The standard InChI is InChI=1S/C34H36ClN3O5/c1-5-41-31(39)22-30(24-8-6-10-26(35)20-24)37-18-15-25-21-28(13-14-29(25)37)42-19-16-27-12-11-23-9-7-17-38(32(23)36-27)33(40)43-34(2,3)4/h6,8,10-15,18,20-22H,5,7,9,16-17,19H2,1-4H3. The van der Waals surface area contributed by atoms with Crippen LogP contribution < -0.4 is 9.64 Å². The predicted octanol–water partition coefficient (Wildman–Crippen LogP) is 7.45. The molecule has 2 aromatic carbocycles. The van der Waals surface area contributed by atoms with Gasteiger partial charge in [0.05, 0.1) is 24.4 Å². The van der Waals surface area contributed by atoms with Crippen LogP contribution in [0.1, 0.15) is 50.9 Å². The van der Waals surface area contributed by atoms with Crippen molar-refractivity contribution in [3.8, 4) is 5.75 Å². The number of carbonyl (C=O) groups excluding carboxylic acids is 2. The SMILES string of the molecule is CCOC(=O)C=C(c1cccc(Cl)c1)n1ccc2cc(OCCc3ccc4c(n3)N(C(=O)OC(C)(C)C)CCC4)ccc21. The number of aryl methyl sites for hydroxylation is 1. The van der Waals surface area contributed by atoms with Crippen LogP contribution in [0.25, 0.3) is 16.6 Å². The van der Waals surface area contributed by atoms with Crippen molar-refractivity contribution in [1.82, 2.24) is 9.55 Å². The van der Waals surface area contributed by atoms with E-state index >= 15 is 0 Å². The normalized spacial score (nSPS) is 13.5. The average Bonchev–Trinajstić information content (AvgIpc) is 3.38. The van der Waals surface area contributed by atoms with Crippen LogP contribution >= 0.6 is 11.6 Å². The topological polar surface area (TPSA) is 82.9 Å². The molecule has 5 rings (SSSR count). The number of rotatable bonds is 8. The van der Waals surface area contributed by atoms with Gasteiger partial charge < -0.3 is 18.8 Å². The van der Waals surface area contributed by atoms with Gasteiger partial charge >= 0.3 is 12.1 Å². The monoisotopic (exact) mass is 601 g/mol. The van der Waals surface area contributed by atoms with Crippen molar-refractivity contribution in [2.45, 2.75) is 52.6 Å². The lowest BCUT2D eigenvalue weighted by atomic mass is 10.1. The fourth-order valence-corrected chi connectivity index (χ4v) is 5.23. The molecule has 2 aromatic heterocycles. The lowest BCUT2D eigenvalue weighted by Crippen LogP contribution is -2.40. The second-order valence-corrected chi connectivity index (χ2v) is 11.8. The first kappa shape index (κ1) is 30.2. The summed E-state index contributed by atoms with van der Waals surface area (Å²) in [4.78, 5) is 31.7. The number of amides is 1. The van der Waals surface area contributed by atoms with E-state index in [0.717, 1.165) is 46.3 Å². The highest BCUT2D eigenvalue weighted by molar-refractivity contribution is 6.30. The van der Waals surface area contributed by atoms with Crippen molar-refractivity contribution >= 4 is 46.1 Å². The summed E-state index contributed by atoms with van der Waals surface area (Å²) in [5.41, 5.74) is 3.67. The van der Waals surface area contributed by atoms with Gasteiger partial charge in [0.25, 0.3) is 0 Å². The Morgan fingerprint density at radius 2 is 1.91 bits per heavy atom. The minimum atomic E-state index is -0.573. The predicted molar refractivity (Wildman–Crippen MR) is 169 cm³/mol. The molecule has 0 fully saturated rings. The molecule has 43 heavy (non-hydrogen) atoms. The summed E-state index contributed by atoms with van der Waals surface area (Å²) in [7, 11) is 0. The Morgan fingerprint density at radius 3 is 2.67 bits per heavy atom. The first-order chi connectivity index (χ1) is 20.6. The van der Waals surface area contributed by atoms with Gasteiger partial charge in [-0.25, -0.2) is 14.6 Å². The molecule has 1 aliphatic heterocycles. The average molecular weight is 602 g/mol. The molecule has 8 nitrogen and oxygen atoms in total. The molecule has 4 aromatic rings. The Hall–Kier alpha value is -4.30. The highest BCUT2D eigenvalue weighted by Gasteiger charge is 2.28. The summed E-state index contributed by atoms with van der Waals surface area (Å²) in [6.45, 7) is 8.65. The maximum Gasteiger partial charge on any atom is 0.416 e. The summed E-state index contributed by atoms with van der Waals surface area (Å²) in [6.07, 6.45) is 5.36. The fraction of sp³-hybridized carbons (Fsp3) is 0.324. The zero-order valence-electron chi connectivity index (χ0n) is 24.9. The molecule has 1 aliphatic rings. The third-order valence-corrected chi connectivity index (χ3v) is 7.16.